The van der Waals surface area contributed by atoms with E-state index >= 15 is 0 Å². The van der Waals surface area contributed by atoms with Crippen molar-refractivity contribution < 1.29 is 5.11 Å². The smallest absolute Gasteiger partial charge is 0.122 e. The summed E-state index contributed by atoms with van der Waals surface area (Å²) in [5.74, 6) is 0.136. The van der Waals surface area contributed by atoms with Crippen LogP contribution in [0.25, 0.3) is 0 Å². The molecule has 1 unspecified atom stereocenters. The van der Waals surface area contributed by atoms with Gasteiger partial charge in [0.15, 0.2) is 0 Å². The zero-order valence-electron chi connectivity index (χ0n) is 8.80. The van der Waals surface area contributed by atoms with Crippen molar-refractivity contribution in [3.05, 3.63) is 59.7 Å². The molecule has 0 aliphatic heterocycles. The minimum atomic E-state index is -0.401. The Morgan fingerprint density at radius 1 is 0.938 bits per heavy atom. The maximum atomic E-state index is 9.76. The summed E-state index contributed by atoms with van der Waals surface area (Å²) >= 11 is 0. The zero-order valence-corrected chi connectivity index (χ0v) is 8.80. The molecule has 0 aliphatic carbocycles. The van der Waals surface area contributed by atoms with Gasteiger partial charge in [0.2, 0.25) is 0 Å². The minimum Gasteiger partial charge on any atom is -0.508 e. The van der Waals surface area contributed by atoms with Crippen molar-refractivity contribution in [1.82, 2.24) is 0 Å². The molecule has 0 heterocycles. The lowest BCUT2D eigenvalue weighted by Crippen LogP contribution is -2.13. The second kappa shape index (κ2) is 4.24. The molecule has 0 aliphatic rings. The number of aromatic hydroxyl groups is 1. The van der Waals surface area contributed by atoms with Gasteiger partial charge in [0, 0.05) is 11.3 Å². The second-order valence-electron chi connectivity index (χ2n) is 3.67. The highest BCUT2D eigenvalue weighted by atomic mass is 16.3. The molecule has 0 radical (unpaired) electrons. The van der Waals surface area contributed by atoms with E-state index in [2.05, 4.69) is 0 Å². The predicted molar refractivity (Wildman–Crippen MR) is 65.0 cm³/mol. The van der Waals surface area contributed by atoms with Crippen LogP contribution in [0.15, 0.2) is 48.5 Å². The van der Waals surface area contributed by atoms with E-state index in [1.165, 1.54) is 0 Å². The Labute approximate surface area is 94.3 Å². The predicted octanol–water partition coefficient (Wildman–Crippen LogP) is 2.02. The fourth-order valence-electron chi connectivity index (χ4n) is 1.74. The quantitative estimate of drug-likeness (QED) is 0.670. The lowest BCUT2D eigenvalue weighted by Gasteiger charge is -2.16. The van der Waals surface area contributed by atoms with Crippen LogP contribution >= 0.6 is 0 Å². The van der Waals surface area contributed by atoms with E-state index in [0.717, 1.165) is 5.56 Å². The molecule has 0 saturated carbocycles. The average molecular weight is 214 g/mol. The van der Waals surface area contributed by atoms with Gasteiger partial charge in [-0.05, 0) is 17.7 Å². The third kappa shape index (κ3) is 1.85. The molecule has 0 bridgehead atoms. The van der Waals surface area contributed by atoms with Gasteiger partial charge in [0.05, 0.1) is 6.04 Å². The van der Waals surface area contributed by atoms with Crippen molar-refractivity contribution in [2.45, 2.75) is 6.04 Å². The molecular weight excluding hydrogens is 200 g/mol. The lowest BCUT2D eigenvalue weighted by molar-refractivity contribution is 0.466. The van der Waals surface area contributed by atoms with E-state index in [4.69, 9.17) is 11.5 Å². The van der Waals surface area contributed by atoms with Crippen LogP contribution in [0.2, 0.25) is 0 Å². The van der Waals surface area contributed by atoms with Gasteiger partial charge < -0.3 is 16.6 Å². The molecule has 0 aromatic heterocycles. The number of hydrogen-bond acceptors (Lipinski definition) is 3. The van der Waals surface area contributed by atoms with E-state index in [1.54, 1.807) is 18.2 Å². The standard InChI is InChI=1S/C13H14N2O/c14-10-7-4-8-11(16)12(10)13(15)9-5-2-1-3-6-9/h1-8,13,16H,14-15H2. The summed E-state index contributed by atoms with van der Waals surface area (Å²) in [6, 6.07) is 14.2. The summed E-state index contributed by atoms with van der Waals surface area (Å²) in [5.41, 5.74) is 13.9. The highest BCUT2D eigenvalue weighted by Crippen LogP contribution is 2.31. The third-order valence-corrected chi connectivity index (χ3v) is 2.59. The van der Waals surface area contributed by atoms with Crippen LogP contribution in [0.4, 0.5) is 5.69 Å². The Hall–Kier alpha value is -2.00. The first-order valence-electron chi connectivity index (χ1n) is 5.08. The van der Waals surface area contributed by atoms with Crippen LogP contribution in [0.3, 0.4) is 0 Å². The van der Waals surface area contributed by atoms with E-state index in [-0.39, 0.29) is 5.75 Å². The van der Waals surface area contributed by atoms with E-state index < -0.39 is 6.04 Å². The van der Waals surface area contributed by atoms with Crippen molar-refractivity contribution in [1.29, 1.82) is 0 Å². The molecule has 3 nitrogen and oxygen atoms in total. The van der Waals surface area contributed by atoms with Gasteiger partial charge in [0.25, 0.3) is 0 Å². The second-order valence-corrected chi connectivity index (χ2v) is 3.67. The van der Waals surface area contributed by atoms with Gasteiger partial charge in [-0.2, -0.15) is 0 Å². The summed E-state index contributed by atoms with van der Waals surface area (Å²) in [7, 11) is 0. The number of benzene rings is 2. The third-order valence-electron chi connectivity index (χ3n) is 2.59. The maximum absolute atomic E-state index is 9.76. The highest BCUT2D eigenvalue weighted by Gasteiger charge is 2.15. The van der Waals surface area contributed by atoms with Crippen molar-refractivity contribution in [2.75, 3.05) is 5.73 Å². The van der Waals surface area contributed by atoms with Crippen molar-refractivity contribution in [3.8, 4) is 5.75 Å². The maximum Gasteiger partial charge on any atom is 0.122 e. The molecule has 3 heteroatoms. The fourth-order valence-corrected chi connectivity index (χ4v) is 1.74. The van der Waals surface area contributed by atoms with Gasteiger partial charge in [-0.3, -0.25) is 0 Å². The lowest BCUT2D eigenvalue weighted by atomic mass is 9.97. The molecule has 5 N–H and O–H groups in total. The average Bonchev–Trinajstić information content (AvgIpc) is 2.30. The molecule has 2 aromatic rings. The Morgan fingerprint density at radius 2 is 1.62 bits per heavy atom. The van der Waals surface area contributed by atoms with E-state index in [0.29, 0.717) is 11.3 Å². The first-order valence-corrected chi connectivity index (χ1v) is 5.08. The van der Waals surface area contributed by atoms with Crippen molar-refractivity contribution in [2.24, 2.45) is 5.73 Å². The van der Waals surface area contributed by atoms with Crippen LogP contribution in [0, 0.1) is 0 Å². The van der Waals surface area contributed by atoms with Crippen LogP contribution in [-0.2, 0) is 0 Å². The number of anilines is 1. The summed E-state index contributed by atoms with van der Waals surface area (Å²) in [5, 5.41) is 9.76. The monoisotopic (exact) mass is 214 g/mol. The van der Waals surface area contributed by atoms with E-state index in [9.17, 15) is 5.11 Å². The largest absolute Gasteiger partial charge is 0.508 e. The van der Waals surface area contributed by atoms with E-state index in [1.807, 2.05) is 30.3 Å². The van der Waals surface area contributed by atoms with Crippen molar-refractivity contribution in [3.63, 3.8) is 0 Å². The fraction of sp³-hybridized carbons (Fsp3) is 0.0769. The first-order chi connectivity index (χ1) is 7.70. The summed E-state index contributed by atoms with van der Waals surface area (Å²) in [6.45, 7) is 0. The minimum absolute atomic E-state index is 0.136. The normalized spacial score (nSPS) is 12.3. The van der Waals surface area contributed by atoms with Gasteiger partial charge in [-0.1, -0.05) is 36.4 Å². The number of hydrogen-bond donors (Lipinski definition) is 3. The molecule has 1 atom stereocenters. The van der Waals surface area contributed by atoms with Crippen LogP contribution in [0.5, 0.6) is 5.75 Å². The van der Waals surface area contributed by atoms with Gasteiger partial charge >= 0.3 is 0 Å². The molecule has 0 amide bonds. The molecular formula is C13H14N2O. The number of phenols is 1. The topological polar surface area (TPSA) is 72.3 Å². The first kappa shape index (κ1) is 10.5. The Balaban J connectivity index is 2.46. The van der Waals surface area contributed by atoms with Gasteiger partial charge in [-0.15, -0.1) is 0 Å². The van der Waals surface area contributed by atoms with Gasteiger partial charge in [-0.25, -0.2) is 0 Å². The molecule has 2 aromatic carbocycles. The SMILES string of the molecule is Nc1cccc(O)c1C(N)c1ccccc1. The highest BCUT2D eigenvalue weighted by molar-refractivity contribution is 5.57. The van der Waals surface area contributed by atoms with Crippen LogP contribution in [-0.4, -0.2) is 5.11 Å². The summed E-state index contributed by atoms with van der Waals surface area (Å²) in [6.07, 6.45) is 0. The van der Waals surface area contributed by atoms with Crippen LogP contribution in [0.1, 0.15) is 17.2 Å². The van der Waals surface area contributed by atoms with Crippen molar-refractivity contribution >= 4 is 5.69 Å². The summed E-state index contributed by atoms with van der Waals surface area (Å²) < 4.78 is 0. The summed E-state index contributed by atoms with van der Waals surface area (Å²) in [4.78, 5) is 0. The van der Waals surface area contributed by atoms with Gasteiger partial charge in [0.1, 0.15) is 5.75 Å². The molecule has 16 heavy (non-hydrogen) atoms. The molecule has 0 spiro atoms. The molecule has 2 rings (SSSR count). The Bertz CT molecular complexity index is 462. The number of nitrogen functional groups attached to an aromatic ring is 1. The number of phenolic OH excluding ortho intramolecular Hbond substituents is 1. The Morgan fingerprint density at radius 3 is 2.25 bits per heavy atom. The molecule has 82 valence electrons. The number of rotatable bonds is 2. The molecule has 0 saturated heterocycles. The molecule has 0 fully saturated rings. The Kier molecular flexibility index (Phi) is 2.79. The number of nitrogens with two attached hydrogens (primary N) is 2. The van der Waals surface area contributed by atoms with Crippen LogP contribution < -0.4 is 11.5 Å². The zero-order chi connectivity index (χ0) is 11.5.